The lowest BCUT2D eigenvalue weighted by Crippen LogP contribution is -2.52. The highest BCUT2D eigenvalue weighted by Gasteiger charge is 2.37. The number of hydrogen-bond donors (Lipinski definition) is 2. The minimum absolute atomic E-state index is 0.000210. The van der Waals surface area contributed by atoms with Gasteiger partial charge in [-0.05, 0) is 17.9 Å². The summed E-state index contributed by atoms with van der Waals surface area (Å²) in [5.41, 5.74) is 7.53. The van der Waals surface area contributed by atoms with E-state index in [1.807, 2.05) is 28.0 Å². The van der Waals surface area contributed by atoms with Crippen LogP contribution in [0.2, 0.25) is 0 Å². The molecule has 152 valence electrons. The van der Waals surface area contributed by atoms with E-state index >= 15 is 0 Å². The van der Waals surface area contributed by atoms with Crippen molar-refractivity contribution in [2.45, 2.75) is 44.6 Å². The van der Waals surface area contributed by atoms with Crippen LogP contribution in [0.5, 0.6) is 0 Å². The zero-order valence-electron chi connectivity index (χ0n) is 16.6. The molecule has 0 radical (unpaired) electrons. The van der Waals surface area contributed by atoms with Crippen molar-refractivity contribution >= 4 is 11.8 Å². The van der Waals surface area contributed by atoms with Crippen LogP contribution in [0.4, 0.5) is 0 Å². The van der Waals surface area contributed by atoms with E-state index in [0.29, 0.717) is 39.1 Å². The van der Waals surface area contributed by atoms with Crippen LogP contribution < -0.4 is 10.9 Å². The van der Waals surface area contributed by atoms with E-state index in [1.165, 1.54) is 25.7 Å². The maximum Gasteiger partial charge on any atom is 0.229 e. The first-order valence-corrected chi connectivity index (χ1v) is 10.8. The number of carbonyl (C=O) groups excluding carboxylic acids is 2. The number of nitrogens with one attached hydrogen (secondary N) is 2. The van der Waals surface area contributed by atoms with Crippen molar-refractivity contribution in [1.29, 1.82) is 0 Å². The Hall–Kier alpha value is -1.92. The maximum absolute atomic E-state index is 13.1. The molecule has 2 atom stereocenters. The molecule has 0 spiro atoms. The zero-order valence-corrected chi connectivity index (χ0v) is 16.6. The normalized spacial score (nSPS) is 26.0. The van der Waals surface area contributed by atoms with Gasteiger partial charge in [0.1, 0.15) is 0 Å². The van der Waals surface area contributed by atoms with Crippen LogP contribution in [0, 0.1) is 11.8 Å². The van der Waals surface area contributed by atoms with Crippen molar-refractivity contribution in [3.05, 3.63) is 35.9 Å². The van der Waals surface area contributed by atoms with Crippen molar-refractivity contribution < 1.29 is 9.59 Å². The fourth-order valence-electron chi connectivity index (χ4n) is 4.90. The summed E-state index contributed by atoms with van der Waals surface area (Å²) in [4.78, 5) is 29.5. The molecule has 2 saturated heterocycles. The molecule has 4 rings (SSSR count). The van der Waals surface area contributed by atoms with E-state index in [2.05, 4.69) is 23.0 Å². The van der Waals surface area contributed by atoms with Gasteiger partial charge in [-0.2, -0.15) is 0 Å². The Balaban J connectivity index is 1.27. The number of benzene rings is 1. The highest BCUT2D eigenvalue weighted by atomic mass is 16.2. The second-order valence-corrected chi connectivity index (χ2v) is 8.42. The van der Waals surface area contributed by atoms with Gasteiger partial charge < -0.3 is 9.80 Å². The summed E-state index contributed by atoms with van der Waals surface area (Å²) in [5.74, 6) is 1.10. The standard InChI is InChI=1S/C22H32N4O2/c27-20(11-10-17-6-4-5-7-17)25-12-14-26(15-13-25)22(28)19-16-23-24-21(19)18-8-2-1-3-9-18/h1-3,8-9,17,19,21,23-24H,4-7,10-16H2. The Bertz CT molecular complexity index is 666. The van der Waals surface area contributed by atoms with Gasteiger partial charge in [0.2, 0.25) is 11.8 Å². The topological polar surface area (TPSA) is 64.7 Å². The number of piperazine rings is 1. The first-order valence-electron chi connectivity index (χ1n) is 10.8. The molecule has 28 heavy (non-hydrogen) atoms. The number of hydrogen-bond acceptors (Lipinski definition) is 4. The summed E-state index contributed by atoms with van der Waals surface area (Å²) in [6.45, 7) is 3.26. The van der Waals surface area contributed by atoms with Crippen LogP contribution >= 0.6 is 0 Å². The molecule has 1 saturated carbocycles. The van der Waals surface area contributed by atoms with E-state index in [0.717, 1.165) is 17.9 Å². The lowest BCUT2D eigenvalue weighted by Gasteiger charge is -2.36. The molecule has 2 unspecified atom stereocenters. The highest BCUT2D eigenvalue weighted by Crippen LogP contribution is 2.29. The summed E-state index contributed by atoms with van der Waals surface area (Å²) < 4.78 is 0. The van der Waals surface area contributed by atoms with E-state index in [9.17, 15) is 9.59 Å². The quantitative estimate of drug-likeness (QED) is 0.816. The van der Waals surface area contributed by atoms with Crippen molar-refractivity contribution in [1.82, 2.24) is 20.7 Å². The molecule has 2 amide bonds. The third-order valence-corrected chi connectivity index (χ3v) is 6.64. The predicted molar refractivity (Wildman–Crippen MR) is 108 cm³/mol. The Kier molecular flexibility index (Phi) is 6.27. The third-order valence-electron chi connectivity index (χ3n) is 6.64. The van der Waals surface area contributed by atoms with Gasteiger partial charge in [0.05, 0.1) is 12.0 Å². The number of nitrogens with zero attached hydrogens (tertiary/aromatic N) is 2. The SMILES string of the molecule is O=C(CCC1CCCC1)N1CCN(C(=O)C2CNNC2c2ccccc2)CC1. The summed E-state index contributed by atoms with van der Waals surface area (Å²) >= 11 is 0. The van der Waals surface area contributed by atoms with Crippen molar-refractivity contribution in [3.63, 3.8) is 0 Å². The summed E-state index contributed by atoms with van der Waals surface area (Å²) in [7, 11) is 0. The van der Waals surface area contributed by atoms with Crippen LogP contribution in [-0.2, 0) is 9.59 Å². The maximum atomic E-state index is 13.1. The molecule has 2 heterocycles. The summed E-state index contributed by atoms with van der Waals surface area (Å²) in [6, 6.07) is 10.1. The minimum Gasteiger partial charge on any atom is -0.339 e. The van der Waals surface area contributed by atoms with Crippen LogP contribution in [0.25, 0.3) is 0 Å². The molecule has 6 nitrogen and oxygen atoms in total. The smallest absolute Gasteiger partial charge is 0.229 e. The molecule has 2 N–H and O–H groups in total. The second kappa shape index (κ2) is 9.05. The van der Waals surface area contributed by atoms with Gasteiger partial charge in [-0.25, -0.2) is 5.43 Å². The summed E-state index contributed by atoms with van der Waals surface area (Å²) in [5, 5.41) is 0. The van der Waals surface area contributed by atoms with Crippen molar-refractivity contribution in [3.8, 4) is 0 Å². The van der Waals surface area contributed by atoms with E-state index in [4.69, 9.17) is 0 Å². The monoisotopic (exact) mass is 384 g/mol. The molecule has 6 heteroatoms. The Morgan fingerprint density at radius 2 is 1.64 bits per heavy atom. The number of amides is 2. The Morgan fingerprint density at radius 1 is 0.964 bits per heavy atom. The fourth-order valence-corrected chi connectivity index (χ4v) is 4.90. The van der Waals surface area contributed by atoms with Gasteiger partial charge in [0, 0.05) is 39.1 Å². The van der Waals surface area contributed by atoms with Gasteiger partial charge in [-0.3, -0.25) is 15.0 Å². The number of hydrazine groups is 1. The molecule has 1 aromatic carbocycles. The molecule has 3 aliphatic rings. The molecule has 0 aromatic heterocycles. The Labute approximate surface area is 167 Å². The average Bonchev–Trinajstić information content (AvgIpc) is 3.44. The number of carbonyl (C=O) groups is 2. The molecular formula is C22H32N4O2. The molecule has 1 aliphatic carbocycles. The van der Waals surface area contributed by atoms with Crippen LogP contribution in [0.1, 0.15) is 50.1 Å². The van der Waals surface area contributed by atoms with E-state index in [1.54, 1.807) is 0 Å². The predicted octanol–water partition coefficient (Wildman–Crippen LogP) is 2.09. The fraction of sp³-hybridized carbons (Fsp3) is 0.636. The van der Waals surface area contributed by atoms with Crippen molar-refractivity contribution in [2.24, 2.45) is 11.8 Å². The molecule has 3 fully saturated rings. The molecular weight excluding hydrogens is 352 g/mol. The highest BCUT2D eigenvalue weighted by molar-refractivity contribution is 5.81. The summed E-state index contributed by atoms with van der Waals surface area (Å²) in [6.07, 6.45) is 6.95. The van der Waals surface area contributed by atoms with Gasteiger partial charge in [-0.15, -0.1) is 0 Å². The van der Waals surface area contributed by atoms with Crippen LogP contribution in [-0.4, -0.2) is 54.3 Å². The molecule has 1 aromatic rings. The largest absolute Gasteiger partial charge is 0.339 e. The lowest BCUT2D eigenvalue weighted by molar-refractivity contribution is -0.142. The van der Waals surface area contributed by atoms with E-state index in [-0.39, 0.29) is 23.8 Å². The second-order valence-electron chi connectivity index (χ2n) is 8.42. The molecule has 0 bridgehead atoms. The first kappa shape index (κ1) is 19.4. The van der Waals surface area contributed by atoms with Crippen LogP contribution in [0.3, 0.4) is 0 Å². The number of rotatable bonds is 5. The van der Waals surface area contributed by atoms with Gasteiger partial charge in [-0.1, -0.05) is 56.0 Å². The first-order chi connectivity index (χ1) is 13.7. The van der Waals surface area contributed by atoms with Crippen molar-refractivity contribution in [2.75, 3.05) is 32.7 Å². The minimum atomic E-state index is -0.105. The van der Waals surface area contributed by atoms with Crippen LogP contribution in [0.15, 0.2) is 30.3 Å². The third kappa shape index (κ3) is 4.39. The molecule has 2 aliphatic heterocycles. The van der Waals surface area contributed by atoms with Gasteiger partial charge in [0.25, 0.3) is 0 Å². The van der Waals surface area contributed by atoms with Gasteiger partial charge >= 0.3 is 0 Å². The zero-order chi connectivity index (χ0) is 19.3. The van der Waals surface area contributed by atoms with E-state index < -0.39 is 0 Å². The van der Waals surface area contributed by atoms with Gasteiger partial charge in [0.15, 0.2) is 0 Å². The average molecular weight is 385 g/mol. The lowest BCUT2D eigenvalue weighted by atomic mass is 9.93. The Morgan fingerprint density at radius 3 is 2.36 bits per heavy atom.